The lowest BCUT2D eigenvalue weighted by molar-refractivity contribution is 0.982. The van der Waals surface area contributed by atoms with Gasteiger partial charge in [0, 0.05) is 0 Å². The van der Waals surface area contributed by atoms with E-state index >= 15 is 0 Å². The van der Waals surface area contributed by atoms with E-state index in [1.54, 1.807) is 36.4 Å². The maximum Gasteiger partial charge on any atom is 0.267 e. The largest absolute Gasteiger partial charge is 0.268 e. The Hall–Kier alpha value is -5.70. The Morgan fingerprint density at radius 3 is 0.600 bits per heavy atom. The van der Waals surface area contributed by atoms with Gasteiger partial charge in [-0.15, -0.1) is 0 Å². The van der Waals surface area contributed by atoms with E-state index in [9.17, 15) is 28.8 Å². The van der Waals surface area contributed by atoms with E-state index in [0.717, 1.165) is 47.1 Å². The second kappa shape index (κ2) is 9.40. The Bertz CT molecular complexity index is 2280. The molecule has 0 unspecified atom stereocenters. The van der Waals surface area contributed by atoms with Crippen molar-refractivity contribution >= 4 is 32.3 Å². The third-order valence-electron chi connectivity index (χ3n) is 8.40. The number of hydrogen-bond acceptors (Lipinski definition) is 6. The second-order valence-corrected chi connectivity index (χ2v) is 12.1. The van der Waals surface area contributed by atoms with Crippen molar-refractivity contribution in [1.82, 2.24) is 13.7 Å². The quantitative estimate of drug-likeness (QED) is 0.306. The number of hydrogen-bond donors (Lipinski definition) is 0. The van der Waals surface area contributed by atoms with Crippen LogP contribution in [0.3, 0.4) is 0 Å². The first-order valence-electron chi connectivity index (χ1n) is 14.4. The van der Waals surface area contributed by atoms with Gasteiger partial charge in [-0.3, -0.25) is 28.8 Å². The summed E-state index contributed by atoms with van der Waals surface area (Å²) in [6, 6.07) is 15.5. The Morgan fingerprint density at radius 1 is 0.289 bits per heavy atom. The lowest BCUT2D eigenvalue weighted by atomic mass is 10.0. The third-order valence-corrected chi connectivity index (χ3v) is 8.40. The zero-order chi connectivity index (χ0) is 32.2. The molecule has 9 heteroatoms. The summed E-state index contributed by atoms with van der Waals surface area (Å²) in [5.74, 6) is 0. The number of aryl methyl sites for hydroxylation is 6. The Balaban J connectivity index is 1.80. The molecular formula is C36H27N3O6. The smallest absolute Gasteiger partial charge is 0.267 e. The highest BCUT2D eigenvalue weighted by Gasteiger charge is 2.32. The molecule has 0 aliphatic carbocycles. The molecule has 0 saturated heterocycles. The van der Waals surface area contributed by atoms with Gasteiger partial charge in [0.2, 0.25) is 0 Å². The van der Waals surface area contributed by atoms with Gasteiger partial charge in [-0.2, -0.15) is 0 Å². The minimum absolute atomic E-state index is 0.257. The first-order chi connectivity index (χ1) is 21.3. The number of rotatable bonds is 3. The molecule has 0 N–H and O–H groups in total. The molecular weight excluding hydrogens is 570 g/mol. The summed E-state index contributed by atoms with van der Waals surface area (Å²) < 4.78 is 2.75. The molecule has 45 heavy (non-hydrogen) atoms. The van der Waals surface area contributed by atoms with Crippen LogP contribution in [0.2, 0.25) is 0 Å². The highest BCUT2D eigenvalue weighted by atomic mass is 16.2. The summed E-state index contributed by atoms with van der Waals surface area (Å²) >= 11 is 0. The molecule has 9 nitrogen and oxygen atoms in total. The van der Waals surface area contributed by atoms with Crippen LogP contribution in [-0.2, 0) is 0 Å². The fourth-order valence-corrected chi connectivity index (χ4v) is 6.92. The first kappa shape index (κ1) is 28.1. The minimum atomic E-state index is -0.840. The second-order valence-electron chi connectivity index (χ2n) is 12.1. The monoisotopic (exact) mass is 597 g/mol. The van der Waals surface area contributed by atoms with Gasteiger partial charge in [-0.05, 0) is 111 Å². The number of nitrogens with zero attached hydrogens (tertiary/aromatic N) is 3. The zero-order valence-electron chi connectivity index (χ0n) is 25.5. The summed E-state index contributed by atoms with van der Waals surface area (Å²) in [5, 5.41) is -2.07. The molecule has 3 heterocycles. The van der Waals surface area contributed by atoms with Gasteiger partial charge in [0.15, 0.2) is 0 Å². The SMILES string of the molecule is Cc1cc(C)cc(-n2c(=O)c3c4c(=O)n(-c5cc(C)cc(C)c5)c(=O)c4c4c(=O)n(-c5cc(C)cc(C)c5)c(=O)c4c3c2=O)c1. The maximum atomic E-state index is 14.2. The van der Waals surface area contributed by atoms with Crippen LogP contribution in [0, 0.1) is 41.5 Å². The molecule has 0 spiro atoms. The van der Waals surface area contributed by atoms with Gasteiger partial charge < -0.3 is 0 Å². The van der Waals surface area contributed by atoms with E-state index in [1.807, 2.05) is 59.7 Å². The maximum absolute atomic E-state index is 14.2. The highest BCUT2D eigenvalue weighted by Crippen LogP contribution is 2.28. The van der Waals surface area contributed by atoms with Gasteiger partial charge in [0.1, 0.15) is 0 Å². The van der Waals surface area contributed by atoms with E-state index in [1.165, 1.54) is 0 Å². The average molecular weight is 598 g/mol. The topological polar surface area (TPSA) is 117 Å². The van der Waals surface area contributed by atoms with Gasteiger partial charge in [0.25, 0.3) is 33.4 Å². The Kier molecular flexibility index (Phi) is 5.87. The van der Waals surface area contributed by atoms with E-state index in [4.69, 9.17) is 0 Å². The van der Waals surface area contributed by atoms with Crippen LogP contribution in [0.25, 0.3) is 49.4 Å². The van der Waals surface area contributed by atoms with Crippen LogP contribution < -0.4 is 33.4 Å². The van der Waals surface area contributed by atoms with E-state index in [0.29, 0.717) is 0 Å². The van der Waals surface area contributed by atoms with Crippen LogP contribution >= 0.6 is 0 Å². The van der Waals surface area contributed by atoms with Gasteiger partial charge in [-0.25, -0.2) is 13.7 Å². The molecule has 0 aliphatic heterocycles. The highest BCUT2D eigenvalue weighted by molar-refractivity contribution is 6.25. The molecule has 0 fully saturated rings. The standard InChI is InChI=1S/C36H27N3O6/c1-16-7-17(2)11-22(10-16)37-31(40)25-26(32(37)41)28-30(36(45)39(34(28)43)24-14-20(5)9-21(6)15-24)29-27(25)33(42)38(35(29)44)23-12-18(3)8-19(4)13-23/h7-15H,1-6H3. The summed E-state index contributed by atoms with van der Waals surface area (Å²) in [4.78, 5) is 85.4. The van der Waals surface area contributed by atoms with Gasteiger partial charge >= 0.3 is 0 Å². The summed E-state index contributed by atoms with van der Waals surface area (Å²) in [6.45, 7) is 10.9. The Labute approximate surface area is 254 Å². The van der Waals surface area contributed by atoms with E-state index < -0.39 is 33.4 Å². The zero-order valence-corrected chi connectivity index (χ0v) is 25.5. The molecule has 0 radical (unpaired) electrons. The molecule has 0 bridgehead atoms. The van der Waals surface area contributed by atoms with E-state index in [-0.39, 0.29) is 49.4 Å². The molecule has 4 aromatic carbocycles. The van der Waals surface area contributed by atoms with Crippen molar-refractivity contribution in [1.29, 1.82) is 0 Å². The molecule has 3 aromatic heterocycles. The van der Waals surface area contributed by atoms with Gasteiger partial charge in [-0.1, -0.05) is 18.2 Å². The number of fused-ring (bicyclic) bond motifs is 6. The van der Waals surface area contributed by atoms with Crippen LogP contribution in [0.5, 0.6) is 0 Å². The van der Waals surface area contributed by atoms with Gasteiger partial charge in [0.05, 0.1) is 49.4 Å². The van der Waals surface area contributed by atoms with Crippen molar-refractivity contribution in [3.63, 3.8) is 0 Å². The number of benzene rings is 4. The minimum Gasteiger partial charge on any atom is -0.268 e. The molecule has 0 saturated carbocycles. The molecule has 7 aromatic rings. The van der Waals surface area contributed by atoms with Crippen LogP contribution in [0.4, 0.5) is 0 Å². The van der Waals surface area contributed by atoms with Crippen molar-refractivity contribution in [2.24, 2.45) is 0 Å². The summed E-state index contributed by atoms with van der Waals surface area (Å²) in [6.07, 6.45) is 0. The molecule has 0 aliphatic rings. The van der Waals surface area contributed by atoms with Crippen LogP contribution in [-0.4, -0.2) is 13.7 Å². The van der Waals surface area contributed by atoms with Crippen molar-refractivity contribution in [2.45, 2.75) is 41.5 Å². The molecule has 0 amide bonds. The molecule has 222 valence electrons. The predicted octanol–water partition coefficient (Wildman–Crippen LogP) is 3.84. The summed E-state index contributed by atoms with van der Waals surface area (Å²) in [5.41, 5.74) is 0.459. The van der Waals surface area contributed by atoms with Crippen LogP contribution in [0.1, 0.15) is 33.4 Å². The van der Waals surface area contributed by atoms with Crippen molar-refractivity contribution in [3.8, 4) is 17.1 Å². The summed E-state index contributed by atoms with van der Waals surface area (Å²) in [7, 11) is 0. The predicted molar refractivity (Wildman–Crippen MR) is 177 cm³/mol. The lowest BCUT2D eigenvalue weighted by Gasteiger charge is -2.04. The average Bonchev–Trinajstić information content (AvgIpc) is 3.45. The normalized spacial score (nSPS) is 11.9. The Morgan fingerprint density at radius 2 is 0.444 bits per heavy atom. The van der Waals surface area contributed by atoms with E-state index in [2.05, 4.69) is 0 Å². The third kappa shape index (κ3) is 3.86. The number of aromatic nitrogens is 3. The first-order valence-corrected chi connectivity index (χ1v) is 14.4. The van der Waals surface area contributed by atoms with Crippen molar-refractivity contribution in [2.75, 3.05) is 0 Å². The fourth-order valence-electron chi connectivity index (χ4n) is 6.92. The van der Waals surface area contributed by atoms with Crippen molar-refractivity contribution < 1.29 is 0 Å². The lowest BCUT2D eigenvalue weighted by Crippen LogP contribution is -2.25. The molecule has 0 atom stereocenters. The van der Waals surface area contributed by atoms with Crippen molar-refractivity contribution in [3.05, 3.63) is 150 Å². The van der Waals surface area contributed by atoms with Crippen LogP contribution in [0.15, 0.2) is 83.4 Å². The molecule has 7 rings (SSSR count). The fraction of sp³-hybridized carbons (Fsp3) is 0.167.